The maximum atomic E-state index is 11.7. The largest absolute Gasteiger partial charge is 0.469 e. The monoisotopic (exact) mass is 211 g/mol. The van der Waals surface area contributed by atoms with Gasteiger partial charge in [0.05, 0.1) is 18.6 Å². The van der Waals surface area contributed by atoms with Crippen molar-refractivity contribution in [3.63, 3.8) is 0 Å². The molecular weight excluding hydrogens is 194 g/mol. The molecule has 0 aromatic rings. The molecule has 1 aliphatic heterocycles. The third kappa shape index (κ3) is 1.89. The zero-order chi connectivity index (χ0) is 11.6. The van der Waals surface area contributed by atoms with E-state index in [4.69, 9.17) is 4.74 Å². The Morgan fingerprint density at radius 1 is 1.73 bits per heavy atom. The van der Waals surface area contributed by atoms with Gasteiger partial charge in [0.25, 0.3) is 0 Å². The van der Waals surface area contributed by atoms with Crippen LogP contribution in [-0.4, -0.2) is 36.0 Å². The average molecular weight is 211 g/mol. The van der Waals surface area contributed by atoms with Crippen molar-refractivity contribution in [2.45, 2.75) is 25.8 Å². The molecule has 0 N–H and O–H groups in total. The van der Waals surface area contributed by atoms with Crippen LogP contribution in [0.15, 0.2) is 12.7 Å². The summed E-state index contributed by atoms with van der Waals surface area (Å²) in [6, 6.07) is 0. The van der Waals surface area contributed by atoms with Gasteiger partial charge in [0.2, 0.25) is 5.91 Å². The minimum absolute atomic E-state index is 0.0182. The molecule has 1 aliphatic rings. The molecule has 15 heavy (non-hydrogen) atoms. The van der Waals surface area contributed by atoms with Gasteiger partial charge in [0.15, 0.2) is 0 Å². The van der Waals surface area contributed by atoms with E-state index < -0.39 is 5.54 Å². The highest BCUT2D eigenvalue weighted by atomic mass is 16.5. The molecular formula is C11H17NO3. The molecule has 0 spiro atoms. The number of likely N-dealkylation sites (tertiary alicyclic amines) is 1. The highest BCUT2D eigenvalue weighted by Gasteiger charge is 2.49. The second kappa shape index (κ2) is 4.04. The minimum atomic E-state index is -0.488. The molecule has 84 valence electrons. The van der Waals surface area contributed by atoms with Crippen molar-refractivity contribution in [2.24, 2.45) is 5.92 Å². The third-order valence-corrected chi connectivity index (χ3v) is 3.03. The molecule has 1 amide bonds. The molecule has 0 saturated carbocycles. The third-order valence-electron chi connectivity index (χ3n) is 3.03. The topological polar surface area (TPSA) is 46.6 Å². The summed E-state index contributed by atoms with van der Waals surface area (Å²) in [5.41, 5.74) is -0.488. The standard InChI is InChI=1S/C11H17NO3/c1-5-6-12-9(13)7-8(10(14)15-4)11(12,2)3/h5,8H,1,6-7H2,2-4H3. The zero-order valence-corrected chi connectivity index (χ0v) is 9.45. The molecule has 0 aliphatic carbocycles. The molecule has 1 atom stereocenters. The number of hydrogen-bond acceptors (Lipinski definition) is 3. The summed E-state index contributed by atoms with van der Waals surface area (Å²) in [7, 11) is 1.35. The molecule has 0 aromatic carbocycles. The molecule has 4 nitrogen and oxygen atoms in total. The first-order chi connectivity index (χ1) is 6.95. The number of hydrogen-bond donors (Lipinski definition) is 0. The molecule has 0 radical (unpaired) electrons. The van der Waals surface area contributed by atoms with Crippen LogP contribution >= 0.6 is 0 Å². The first kappa shape index (κ1) is 11.8. The van der Waals surface area contributed by atoms with Gasteiger partial charge in [-0.15, -0.1) is 6.58 Å². The fourth-order valence-electron chi connectivity index (χ4n) is 2.02. The summed E-state index contributed by atoms with van der Waals surface area (Å²) < 4.78 is 4.70. The summed E-state index contributed by atoms with van der Waals surface area (Å²) in [4.78, 5) is 24.8. The van der Waals surface area contributed by atoms with Crippen LogP contribution in [-0.2, 0) is 14.3 Å². The molecule has 1 heterocycles. The van der Waals surface area contributed by atoms with E-state index in [0.29, 0.717) is 6.54 Å². The molecule has 1 saturated heterocycles. The summed E-state index contributed by atoms with van der Waals surface area (Å²) in [6.45, 7) is 7.83. The lowest BCUT2D eigenvalue weighted by atomic mass is 9.88. The van der Waals surface area contributed by atoms with Gasteiger partial charge in [-0.05, 0) is 13.8 Å². The lowest BCUT2D eigenvalue weighted by molar-refractivity contribution is -0.147. The van der Waals surface area contributed by atoms with E-state index in [1.807, 2.05) is 13.8 Å². The highest BCUT2D eigenvalue weighted by molar-refractivity contribution is 5.88. The number of nitrogens with zero attached hydrogens (tertiary/aromatic N) is 1. The summed E-state index contributed by atoms with van der Waals surface area (Å²) >= 11 is 0. The smallest absolute Gasteiger partial charge is 0.311 e. The van der Waals surface area contributed by atoms with Gasteiger partial charge in [-0.2, -0.15) is 0 Å². The van der Waals surface area contributed by atoms with E-state index in [0.717, 1.165) is 0 Å². The van der Waals surface area contributed by atoms with Gasteiger partial charge in [0.1, 0.15) is 0 Å². The minimum Gasteiger partial charge on any atom is -0.469 e. The van der Waals surface area contributed by atoms with Crippen molar-refractivity contribution >= 4 is 11.9 Å². The predicted molar refractivity (Wildman–Crippen MR) is 56.1 cm³/mol. The fraction of sp³-hybridized carbons (Fsp3) is 0.636. The Kier molecular flexibility index (Phi) is 3.17. The summed E-state index contributed by atoms with van der Waals surface area (Å²) in [5, 5.41) is 0. The van der Waals surface area contributed by atoms with Crippen LogP contribution in [0.3, 0.4) is 0 Å². The Morgan fingerprint density at radius 3 is 2.80 bits per heavy atom. The summed E-state index contributed by atoms with van der Waals surface area (Å²) in [6.07, 6.45) is 1.90. The number of carbonyl (C=O) groups excluding carboxylic acids is 2. The van der Waals surface area contributed by atoms with Gasteiger partial charge < -0.3 is 9.64 Å². The molecule has 1 fully saturated rings. The van der Waals surface area contributed by atoms with E-state index >= 15 is 0 Å². The number of methoxy groups -OCH3 is 1. The highest BCUT2D eigenvalue weighted by Crippen LogP contribution is 2.35. The van der Waals surface area contributed by atoms with Gasteiger partial charge >= 0.3 is 5.97 Å². The number of rotatable bonds is 3. The van der Waals surface area contributed by atoms with Crippen molar-refractivity contribution in [3.8, 4) is 0 Å². The fourth-order valence-corrected chi connectivity index (χ4v) is 2.02. The van der Waals surface area contributed by atoms with Gasteiger partial charge in [-0.3, -0.25) is 9.59 Å². The molecule has 1 rings (SSSR count). The first-order valence-electron chi connectivity index (χ1n) is 4.94. The quantitative estimate of drug-likeness (QED) is 0.516. The molecule has 4 heteroatoms. The molecule has 1 unspecified atom stereocenters. The maximum Gasteiger partial charge on any atom is 0.311 e. The van der Waals surface area contributed by atoms with E-state index in [2.05, 4.69) is 6.58 Å². The van der Waals surface area contributed by atoms with E-state index in [1.54, 1.807) is 11.0 Å². The van der Waals surface area contributed by atoms with Crippen molar-refractivity contribution < 1.29 is 14.3 Å². The number of amides is 1. The maximum absolute atomic E-state index is 11.7. The van der Waals surface area contributed by atoms with Crippen molar-refractivity contribution in [3.05, 3.63) is 12.7 Å². The predicted octanol–water partition coefficient (Wildman–Crippen LogP) is 0.972. The van der Waals surface area contributed by atoms with E-state index in [-0.39, 0.29) is 24.2 Å². The SMILES string of the molecule is C=CCN1C(=O)CC(C(=O)OC)C1(C)C. The Morgan fingerprint density at radius 2 is 2.33 bits per heavy atom. The Balaban J connectivity index is 2.93. The van der Waals surface area contributed by atoms with Gasteiger partial charge in [-0.1, -0.05) is 6.08 Å². The lowest BCUT2D eigenvalue weighted by Gasteiger charge is -2.33. The van der Waals surface area contributed by atoms with Crippen LogP contribution < -0.4 is 0 Å². The van der Waals surface area contributed by atoms with Gasteiger partial charge in [-0.25, -0.2) is 0 Å². The van der Waals surface area contributed by atoms with Crippen molar-refractivity contribution in [1.82, 2.24) is 4.90 Å². The zero-order valence-electron chi connectivity index (χ0n) is 9.45. The van der Waals surface area contributed by atoms with Crippen LogP contribution in [0.2, 0.25) is 0 Å². The second-order valence-electron chi connectivity index (χ2n) is 4.23. The Bertz CT molecular complexity index is 296. The van der Waals surface area contributed by atoms with Crippen LogP contribution in [0.1, 0.15) is 20.3 Å². The second-order valence-corrected chi connectivity index (χ2v) is 4.23. The molecule has 0 aromatic heterocycles. The van der Waals surface area contributed by atoms with Gasteiger partial charge in [0, 0.05) is 13.0 Å². The van der Waals surface area contributed by atoms with Crippen LogP contribution in [0.5, 0.6) is 0 Å². The van der Waals surface area contributed by atoms with E-state index in [9.17, 15) is 9.59 Å². The first-order valence-corrected chi connectivity index (χ1v) is 4.94. The van der Waals surface area contributed by atoms with Crippen LogP contribution in [0.4, 0.5) is 0 Å². The van der Waals surface area contributed by atoms with Crippen LogP contribution in [0, 0.1) is 5.92 Å². The van der Waals surface area contributed by atoms with Crippen molar-refractivity contribution in [1.29, 1.82) is 0 Å². The molecule has 0 bridgehead atoms. The summed E-state index contributed by atoms with van der Waals surface area (Å²) in [5.74, 6) is -0.717. The van der Waals surface area contributed by atoms with E-state index in [1.165, 1.54) is 7.11 Å². The number of ether oxygens (including phenoxy) is 1. The number of carbonyl (C=O) groups is 2. The normalized spacial score (nSPS) is 24.1. The lowest BCUT2D eigenvalue weighted by Crippen LogP contribution is -2.46. The average Bonchev–Trinajstić information content (AvgIpc) is 2.40. The number of esters is 1. The van der Waals surface area contributed by atoms with Crippen LogP contribution in [0.25, 0.3) is 0 Å². The Hall–Kier alpha value is -1.32. The Labute approximate surface area is 89.9 Å². The van der Waals surface area contributed by atoms with Crippen molar-refractivity contribution in [2.75, 3.05) is 13.7 Å².